The summed E-state index contributed by atoms with van der Waals surface area (Å²) >= 11 is 0. The molecular weight excluding hydrogens is 414 g/mol. The number of amides is 1. The molecule has 1 saturated heterocycles. The van der Waals surface area contributed by atoms with E-state index in [1.54, 1.807) is 6.07 Å². The lowest BCUT2D eigenvalue weighted by Gasteiger charge is -2.12. The highest BCUT2D eigenvalue weighted by Gasteiger charge is 2.22. The van der Waals surface area contributed by atoms with Crippen LogP contribution in [0.5, 0.6) is 11.5 Å². The molecule has 0 aliphatic carbocycles. The van der Waals surface area contributed by atoms with Crippen molar-refractivity contribution in [2.75, 3.05) is 20.3 Å². The number of nitriles is 1. The van der Waals surface area contributed by atoms with Crippen LogP contribution in [-0.2, 0) is 16.1 Å². The second-order valence-electron chi connectivity index (χ2n) is 7.11. The van der Waals surface area contributed by atoms with Gasteiger partial charge in [0.05, 0.1) is 29.8 Å². The first-order valence-corrected chi connectivity index (χ1v) is 10.1. The Bertz CT molecular complexity index is 1040. The lowest BCUT2D eigenvalue weighted by atomic mass is 10.1. The van der Waals surface area contributed by atoms with Crippen molar-refractivity contribution < 1.29 is 23.9 Å². The molecule has 1 amide bonds. The van der Waals surface area contributed by atoms with Crippen molar-refractivity contribution in [2.45, 2.75) is 25.6 Å². The van der Waals surface area contributed by atoms with Gasteiger partial charge in [-0.15, -0.1) is 0 Å². The molecule has 2 aromatic carbocycles. The minimum atomic E-state index is -0.624. The van der Waals surface area contributed by atoms with Gasteiger partial charge in [0.1, 0.15) is 18.2 Å². The number of nitro benzene ring substituents is 1. The van der Waals surface area contributed by atoms with Crippen LogP contribution in [0.25, 0.3) is 6.08 Å². The Morgan fingerprint density at radius 2 is 2.12 bits per heavy atom. The molecular formula is C23H23N3O6. The number of hydrogen-bond donors (Lipinski definition) is 1. The van der Waals surface area contributed by atoms with E-state index in [-0.39, 0.29) is 47.6 Å². The van der Waals surface area contributed by atoms with Crippen molar-refractivity contribution in [3.63, 3.8) is 0 Å². The van der Waals surface area contributed by atoms with Crippen molar-refractivity contribution in [3.8, 4) is 17.6 Å². The quantitative estimate of drug-likeness (QED) is 0.276. The molecule has 2 aromatic rings. The topological polar surface area (TPSA) is 124 Å². The molecule has 3 rings (SSSR count). The van der Waals surface area contributed by atoms with E-state index in [4.69, 9.17) is 14.2 Å². The van der Waals surface area contributed by atoms with Crippen LogP contribution in [-0.4, -0.2) is 37.2 Å². The molecule has 166 valence electrons. The number of carbonyl (C=O) groups is 1. The van der Waals surface area contributed by atoms with Gasteiger partial charge in [-0.25, -0.2) is 0 Å². The molecule has 0 aromatic heterocycles. The molecule has 0 spiro atoms. The van der Waals surface area contributed by atoms with Gasteiger partial charge in [0.2, 0.25) is 0 Å². The SMILES string of the molecule is COc1cc(/C=C(\C#N)C(=O)NC[C@@H]2CCCO2)c([N+](=O)[O-])cc1OCc1ccccc1. The fraction of sp³-hybridized carbons (Fsp3) is 0.304. The van der Waals surface area contributed by atoms with E-state index in [9.17, 15) is 20.2 Å². The van der Waals surface area contributed by atoms with Crippen LogP contribution in [0.3, 0.4) is 0 Å². The van der Waals surface area contributed by atoms with Gasteiger partial charge in [-0.2, -0.15) is 5.26 Å². The second kappa shape index (κ2) is 10.9. The van der Waals surface area contributed by atoms with E-state index in [1.165, 1.54) is 25.3 Å². The number of nitro groups is 1. The predicted octanol–water partition coefficient (Wildman–Crippen LogP) is 3.38. The molecule has 1 N–H and O–H groups in total. The molecule has 32 heavy (non-hydrogen) atoms. The van der Waals surface area contributed by atoms with Crippen LogP contribution in [0.4, 0.5) is 5.69 Å². The standard InChI is InChI=1S/C23H23N3O6/c1-30-21-11-17(10-18(13-24)23(27)25-14-19-8-5-9-31-19)20(26(28)29)12-22(21)32-15-16-6-3-2-4-7-16/h2-4,6-7,10-12,19H,5,8-9,14-15H2,1H3,(H,25,27)/b18-10+/t19-/m0/s1. The summed E-state index contributed by atoms with van der Waals surface area (Å²) in [7, 11) is 1.41. The van der Waals surface area contributed by atoms with Crippen molar-refractivity contribution in [1.82, 2.24) is 5.32 Å². The van der Waals surface area contributed by atoms with Crippen molar-refractivity contribution in [2.24, 2.45) is 0 Å². The molecule has 9 heteroatoms. The molecule has 0 bridgehead atoms. The van der Waals surface area contributed by atoms with Crippen LogP contribution in [0.2, 0.25) is 0 Å². The molecule has 0 radical (unpaired) electrons. The summed E-state index contributed by atoms with van der Waals surface area (Å²) in [4.78, 5) is 23.5. The van der Waals surface area contributed by atoms with Crippen LogP contribution >= 0.6 is 0 Å². The Hall–Kier alpha value is -3.90. The number of methoxy groups -OCH3 is 1. The molecule has 1 aliphatic heterocycles. The third-order valence-electron chi connectivity index (χ3n) is 4.93. The molecule has 0 unspecified atom stereocenters. The Balaban J connectivity index is 1.84. The third kappa shape index (κ3) is 5.83. The number of nitrogens with zero attached hydrogens (tertiary/aromatic N) is 2. The molecule has 1 fully saturated rings. The smallest absolute Gasteiger partial charge is 0.280 e. The highest BCUT2D eigenvalue weighted by Crippen LogP contribution is 2.36. The maximum atomic E-state index is 12.4. The van der Waals surface area contributed by atoms with Gasteiger partial charge >= 0.3 is 0 Å². The highest BCUT2D eigenvalue weighted by atomic mass is 16.6. The lowest BCUT2D eigenvalue weighted by Crippen LogP contribution is -2.32. The zero-order valence-corrected chi connectivity index (χ0v) is 17.6. The first kappa shape index (κ1) is 22.8. The molecule has 1 aliphatic rings. The van der Waals surface area contributed by atoms with Gasteiger partial charge in [-0.3, -0.25) is 14.9 Å². The summed E-state index contributed by atoms with van der Waals surface area (Å²) < 4.78 is 16.5. The third-order valence-corrected chi connectivity index (χ3v) is 4.93. The zero-order chi connectivity index (χ0) is 22.9. The largest absolute Gasteiger partial charge is 0.493 e. The summed E-state index contributed by atoms with van der Waals surface area (Å²) in [6.45, 7) is 1.11. The van der Waals surface area contributed by atoms with Crippen molar-refractivity contribution >= 4 is 17.7 Å². The number of benzene rings is 2. The average Bonchev–Trinajstić information content (AvgIpc) is 3.33. The molecule has 1 atom stereocenters. The van der Waals surface area contributed by atoms with Crippen molar-refractivity contribution in [1.29, 1.82) is 5.26 Å². The van der Waals surface area contributed by atoms with Gasteiger partial charge in [0.15, 0.2) is 11.5 Å². The Kier molecular flexibility index (Phi) is 7.78. The van der Waals surface area contributed by atoms with E-state index in [2.05, 4.69) is 5.32 Å². The summed E-state index contributed by atoms with van der Waals surface area (Å²) in [6.07, 6.45) is 2.84. The van der Waals surface area contributed by atoms with Crippen LogP contribution in [0.1, 0.15) is 24.0 Å². The van der Waals surface area contributed by atoms with Gasteiger partial charge < -0.3 is 19.5 Å². The van der Waals surface area contributed by atoms with E-state index >= 15 is 0 Å². The maximum Gasteiger partial charge on any atom is 0.280 e. The van der Waals surface area contributed by atoms with Gasteiger partial charge in [0, 0.05) is 13.2 Å². The second-order valence-corrected chi connectivity index (χ2v) is 7.11. The molecule has 1 heterocycles. The monoisotopic (exact) mass is 437 g/mol. The normalized spacial score (nSPS) is 15.6. The summed E-state index contributed by atoms with van der Waals surface area (Å²) in [6, 6.07) is 13.7. The lowest BCUT2D eigenvalue weighted by molar-refractivity contribution is -0.385. The number of nitrogens with one attached hydrogen (secondary N) is 1. The van der Waals surface area contributed by atoms with Crippen LogP contribution < -0.4 is 14.8 Å². The zero-order valence-electron chi connectivity index (χ0n) is 17.6. The van der Waals surface area contributed by atoms with E-state index in [0.29, 0.717) is 6.61 Å². The maximum absolute atomic E-state index is 12.4. The number of rotatable bonds is 9. The van der Waals surface area contributed by atoms with Gasteiger partial charge in [0.25, 0.3) is 11.6 Å². The Morgan fingerprint density at radius 1 is 1.34 bits per heavy atom. The fourth-order valence-electron chi connectivity index (χ4n) is 3.26. The number of ether oxygens (including phenoxy) is 3. The molecule has 0 saturated carbocycles. The van der Waals surface area contributed by atoms with E-state index < -0.39 is 10.8 Å². The van der Waals surface area contributed by atoms with Crippen LogP contribution in [0, 0.1) is 21.4 Å². The summed E-state index contributed by atoms with van der Waals surface area (Å²) in [5.41, 5.74) is 0.373. The summed E-state index contributed by atoms with van der Waals surface area (Å²) in [5, 5.41) is 23.7. The van der Waals surface area contributed by atoms with E-state index in [0.717, 1.165) is 18.4 Å². The van der Waals surface area contributed by atoms with Crippen LogP contribution in [0.15, 0.2) is 48.0 Å². The first-order chi connectivity index (χ1) is 15.5. The Labute approximate surface area is 185 Å². The van der Waals surface area contributed by atoms with E-state index in [1.807, 2.05) is 30.3 Å². The minimum absolute atomic E-state index is 0.0581. The Morgan fingerprint density at radius 3 is 2.75 bits per heavy atom. The average molecular weight is 437 g/mol. The number of carbonyl (C=O) groups excluding carboxylic acids is 1. The minimum Gasteiger partial charge on any atom is -0.493 e. The predicted molar refractivity (Wildman–Crippen MR) is 116 cm³/mol. The molecule has 9 nitrogen and oxygen atoms in total. The summed E-state index contributed by atoms with van der Waals surface area (Å²) in [5.74, 6) is -0.197. The van der Waals surface area contributed by atoms with Gasteiger partial charge in [-0.1, -0.05) is 30.3 Å². The number of hydrogen-bond acceptors (Lipinski definition) is 7. The first-order valence-electron chi connectivity index (χ1n) is 10.1. The van der Waals surface area contributed by atoms with Crippen molar-refractivity contribution in [3.05, 3.63) is 69.3 Å². The fourth-order valence-corrected chi connectivity index (χ4v) is 3.26. The van der Waals surface area contributed by atoms with Gasteiger partial charge in [-0.05, 0) is 30.5 Å². The highest BCUT2D eigenvalue weighted by molar-refractivity contribution is 6.02.